The Hall–Kier alpha value is -2.40. The van der Waals surface area contributed by atoms with E-state index in [9.17, 15) is 0 Å². The fourth-order valence-corrected chi connectivity index (χ4v) is 3.10. The van der Waals surface area contributed by atoms with Crippen molar-refractivity contribution in [2.45, 2.75) is 18.7 Å². The van der Waals surface area contributed by atoms with Crippen LogP contribution in [0.1, 0.15) is 11.5 Å². The lowest BCUT2D eigenvalue weighted by Gasteiger charge is -2.05. The van der Waals surface area contributed by atoms with Gasteiger partial charge in [-0.15, -0.1) is 0 Å². The minimum atomic E-state index is 0.710. The first-order valence-electron chi connectivity index (χ1n) is 6.92. The van der Waals surface area contributed by atoms with Crippen LogP contribution in [0.25, 0.3) is 10.8 Å². The normalized spacial score (nSPS) is 11.8. The second-order valence-corrected chi connectivity index (χ2v) is 5.94. The summed E-state index contributed by atoms with van der Waals surface area (Å²) in [4.78, 5) is 17.4. The Labute approximate surface area is 133 Å². The molecule has 4 nitrogen and oxygen atoms in total. The Morgan fingerprint density at radius 2 is 2.18 bits per heavy atom. The van der Waals surface area contributed by atoms with Gasteiger partial charge in [-0.05, 0) is 37.4 Å². The quantitative estimate of drug-likeness (QED) is 0.437. The first-order chi connectivity index (χ1) is 10.7. The molecule has 0 radical (unpaired) electrons. The molecule has 0 saturated heterocycles. The average Bonchev–Trinajstić information content (AvgIpc) is 2.84. The average molecular weight is 308 g/mol. The van der Waals surface area contributed by atoms with E-state index in [2.05, 4.69) is 38.7 Å². The topological polar surface area (TPSA) is 53.9 Å². The summed E-state index contributed by atoms with van der Waals surface area (Å²) in [6.07, 6.45) is 5.43. The Morgan fingerprint density at radius 1 is 1.32 bits per heavy atom. The molecule has 0 unspecified atom stereocenters. The van der Waals surface area contributed by atoms with E-state index in [4.69, 9.17) is 0 Å². The van der Waals surface area contributed by atoms with Gasteiger partial charge in [0, 0.05) is 22.7 Å². The molecule has 2 aromatic heterocycles. The molecule has 0 fully saturated rings. The maximum absolute atomic E-state index is 4.60. The van der Waals surface area contributed by atoms with E-state index >= 15 is 0 Å². The van der Waals surface area contributed by atoms with Crippen molar-refractivity contribution in [1.29, 1.82) is 0 Å². The van der Waals surface area contributed by atoms with Gasteiger partial charge >= 0.3 is 0 Å². The van der Waals surface area contributed by atoms with Crippen LogP contribution >= 0.6 is 11.8 Å². The number of hydrogen-bond donors (Lipinski definition) is 1. The summed E-state index contributed by atoms with van der Waals surface area (Å²) in [5.41, 5.74) is 0.958. The standard InChI is InChI=1S/C17H16N4S/c1-4-16(21-17-11(2)19-12(3)20-17)22-15-7-5-6-13-10-18-9-8-14(13)15/h4-10H,1H2,2-3H3,(H,19,20)/b21-16+. The molecule has 0 spiro atoms. The van der Waals surface area contributed by atoms with Gasteiger partial charge in [0.15, 0.2) is 5.82 Å². The van der Waals surface area contributed by atoms with Crippen LogP contribution in [0.5, 0.6) is 0 Å². The lowest BCUT2D eigenvalue weighted by atomic mass is 10.2. The second kappa shape index (κ2) is 6.15. The fourth-order valence-electron chi connectivity index (χ4n) is 2.22. The zero-order valence-electron chi connectivity index (χ0n) is 12.5. The molecule has 0 saturated carbocycles. The lowest BCUT2D eigenvalue weighted by Crippen LogP contribution is -1.88. The summed E-state index contributed by atoms with van der Waals surface area (Å²) in [5, 5.41) is 3.09. The highest BCUT2D eigenvalue weighted by molar-refractivity contribution is 8.14. The molecule has 1 N–H and O–H groups in total. The third-order valence-electron chi connectivity index (χ3n) is 3.22. The van der Waals surface area contributed by atoms with E-state index in [1.807, 2.05) is 32.2 Å². The van der Waals surface area contributed by atoms with E-state index < -0.39 is 0 Å². The van der Waals surface area contributed by atoms with Gasteiger partial charge in [0.25, 0.3) is 0 Å². The number of aliphatic imine (C=N–C) groups is 1. The van der Waals surface area contributed by atoms with E-state index in [0.717, 1.165) is 32.2 Å². The van der Waals surface area contributed by atoms with Gasteiger partial charge in [-0.3, -0.25) is 4.98 Å². The molecule has 5 heteroatoms. The molecule has 110 valence electrons. The summed E-state index contributed by atoms with van der Waals surface area (Å²) in [7, 11) is 0. The summed E-state index contributed by atoms with van der Waals surface area (Å²) in [6, 6.07) is 8.17. The van der Waals surface area contributed by atoms with Crippen molar-refractivity contribution in [2.24, 2.45) is 4.99 Å². The minimum absolute atomic E-state index is 0.710. The van der Waals surface area contributed by atoms with E-state index in [1.165, 1.54) is 0 Å². The van der Waals surface area contributed by atoms with Gasteiger partial charge in [-0.1, -0.05) is 30.5 Å². The number of pyridine rings is 1. The van der Waals surface area contributed by atoms with Crippen LogP contribution in [-0.4, -0.2) is 20.0 Å². The van der Waals surface area contributed by atoms with Gasteiger partial charge in [0.1, 0.15) is 10.9 Å². The van der Waals surface area contributed by atoms with Crippen LogP contribution in [-0.2, 0) is 0 Å². The van der Waals surface area contributed by atoms with Gasteiger partial charge in [0.2, 0.25) is 0 Å². The monoisotopic (exact) mass is 308 g/mol. The predicted molar refractivity (Wildman–Crippen MR) is 93.0 cm³/mol. The zero-order valence-corrected chi connectivity index (χ0v) is 13.3. The Morgan fingerprint density at radius 3 is 2.91 bits per heavy atom. The fraction of sp³-hybridized carbons (Fsp3) is 0.118. The molecular weight excluding hydrogens is 292 g/mol. The Kier molecular flexibility index (Phi) is 4.06. The van der Waals surface area contributed by atoms with Crippen LogP contribution in [0.3, 0.4) is 0 Å². The zero-order chi connectivity index (χ0) is 15.5. The number of fused-ring (bicyclic) bond motifs is 1. The number of benzene rings is 1. The van der Waals surface area contributed by atoms with Crippen molar-refractivity contribution in [2.75, 3.05) is 0 Å². The van der Waals surface area contributed by atoms with E-state index in [0.29, 0.717) is 5.82 Å². The summed E-state index contributed by atoms with van der Waals surface area (Å²) >= 11 is 1.58. The van der Waals surface area contributed by atoms with E-state index in [-0.39, 0.29) is 0 Å². The van der Waals surface area contributed by atoms with Gasteiger partial charge in [-0.2, -0.15) is 0 Å². The highest BCUT2D eigenvalue weighted by Crippen LogP contribution is 2.30. The summed E-state index contributed by atoms with van der Waals surface area (Å²) < 4.78 is 0. The third-order valence-corrected chi connectivity index (χ3v) is 4.27. The highest BCUT2D eigenvalue weighted by atomic mass is 32.2. The number of rotatable bonds is 3. The third kappa shape index (κ3) is 2.94. The van der Waals surface area contributed by atoms with Crippen molar-refractivity contribution in [1.82, 2.24) is 15.0 Å². The number of aromatic nitrogens is 3. The second-order valence-electron chi connectivity index (χ2n) is 4.88. The predicted octanol–water partition coefficient (Wildman–Crippen LogP) is 4.58. The molecule has 0 bridgehead atoms. The molecule has 22 heavy (non-hydrogen) atoms. The Bertz CT molecular complexity index is 859. The smallest absolute Gasteiger partial charge is 0.174 e. The molecule has 0 aliphatic carbocycles. The molecular formula is C17H16N4S. The summed E-state index contributed by atoms with van der Waals surface area (Å²) in [5.74, 6) is 1.57. The molecule has 0 aliphatic rings. The molecule has 2 heterocycles. The van der Waals surface area contributed by atoms with Crippen molar-refractivity contribution in [3.05, 3.63) is 60.8 Å². The number of thioether (sulfide) groups is 1. The number of hydrogen-bond acceptors (Lipinski definition) is 4. The lowest BCUT2D eigenvalue weighted by molar-refractivity contribution is 1.13. The van der Waals surface area contributed by atoms with Crippen molar-refractivity contribution < 1.29 is 0 Å². The van der Waals surface area contributed by atoms with Gasteiger partial charge < -0.3 is 4.98 Å². The molecule has 0 aliphatic heterocycles. The van der Waals surface area contributed by atoms with Crippen LogP contribution in [0, 0.1) is 13.8 Å². The number of nitrogens with one attached hydrogen (secondary N) is 1. The van der Waals surface area contributed by atoms with Crippen molar-refractivity contribution in [3.8, 4) is 0 Å². The maximum atomic E-state index is 4.60. The number of aromatic amines is 1. The SMILES string of the molecule is C=C/C(=N\c1nc(C)[nH]c1C)Sc1cccc2cnccc12. The van der Waals surface area contributed by atoms with Crippen LogP contribution in [0.2, 0.25) is 0 Å². The maximum Gasteiger partial charge on any atom is 0.174 e. The molecule has 3 rings (SSSR count). The number of imidazole rings is 1. The molecule has 1 aromatic carbocycles. The molecule has 0 amide bonds. The van der Waals surface area contributed by atoms with E-state index in [1.54, 1.807) is 24.0 Å². The first-order valence-corrected chi connectivity index (χ1v) is 7.74. The largest absolute Gasteiger partial charge is 0.344 e. The number of aryl methyl sites for hydroxylation is 2. The number of nitrogens with zero attached hydrogens (tertiary/aromatic N) is 3. The van der Waals surface area contributed by atoms with Crippen LogP contribution in [0.15, 0.2) is 59.2 Å². The van der Waals surface area contributed by atoms with Crippen LogP contribution < -0.4 is 0 Å². The molecule has 0 atom stereocenters. The van der Waals surface area contributed by atoms with Crippen LogP contribution in [0.4, 0.5) is 5.82 Å². The van der Waals surface area contributed by atoms with Crippen molar-refractivity contribution in [3.63, 3.8) is 0 Å². The summed E-state index contributed by atoms with van der Waals surface area (Å²) in [6.45, 7) is 7.76. The first kappa shape index (κ1) is 14.5. The van der Waals surface area contributed by atoms with Crippen molar-refractivity contribution >= 4 is 33.4 Å². The molecule has 3 aromatic rings. The van der Waals surface area contributed by atoms with Gasteiger partial charge in [-0.25, -0.2) is 9.98 Å². The Balaban J connectivity index is 1.98. The highest BCUT2D eigenvalue weighted by Gasteiger charge is 2.07. The minimum Gasteiger partial charge on any atom is -0.344 e. The number of H-pyrrole nitrogens is 1. The van der Waals surface area contributed by atoms with Gasteiger partial charge in [0.05, 0.1) is 5.69 Å².